The van der Waals surface area contributed by atoms with E-state index < -0.39 is 17.6 Å². The van der Waals surface area contributed by atoms with Crippen LogP contribution in [0.5, 0.6) is 0 Å². The van der Waals surface area contributed by atoms with Crippen molar-refractivity contribution in [2.24, 2.45) is 0 Å². The van der Waals surface area contributed by atoms with Crippen LogP contribution in [0, 0.1) is 5.82 Å². The number of benzene rings is 1. The van der Waals surface area contributed by atoms with Gasteiger partial charge in [0.25, 0.3) is 0 Å². The molecule has 0 aliphatic rings. The van der Waals surface area contributed by atoms with Crippen molar-refractivity contribution in [2.75, 3.05) is 6.54 Å². The lowest BCUT2D eigenvalue weighted by atomic mass is 10.1. The number of nitrogens with zero attached hydrogens (tertiary/aromatic N) is 2. The molecule has 114 valence electrons. The normalized spacial score (nSPS) is 11.8. The Kier molecular flexibility index (Phi) is 4.89. The fourth-order valence-electron chi connectivity index (χ4n) is 1.86. The van der Waals surface area contributed by atoms with Gasteiger partial charge in [0.15, 0.2) is 0 Å². The van der Waals surface area contributed by atoms with Crippen LogP contribution in [-0.2, 0) is 19.1 Å². The van der Waals surface area contributed by atoms with E-state index in [1.54, 1.807) is 0 Å². The summed E-state index contributed by atoms with van der Waals surface area (Å²) in [4.78, 5) is 3.96. The first-order chi connectivity index (χ1) is 9.97. The molecule has 1 heterocycles. The van der Waals surface area contributed by atoms with E-state index in [9.17, 15) is 17.6 Å². The maximum atomic E-state index is 13.1. The summed E-state index contributed by atoms with van der Waals surface area (Å²) in [5.74, 6) is -0.491. The molecule has 0 unspecified atom stereocenters. The number of hydrogen-bond acceptors (Lipinski definition) is 3. The molecule has 1 aromatic carbocycles. The second-order valence-electron chi connectivity index (χ2n) is 4.52. The van der Waals surface area contributed by atoms with Gasteiger partial charge in [0, 0.05) is 13.0 Å². The molecule has 1 aromatic heterocycles. The predicted molar refractivity (Wildman–Crippen MR) is 67.8 cm³/mol. The van der Waals surface area contributed by atoms with E-state index in [-0.39, 0.29) is 6.54 Å². The van der Waals surface area contributed by atoms with Crippen molar-refractivity contribution in [3.05, 3.63) is 47.3 Å². The van der Waals surface area contributed by atoms with Crippen molar-refractivity contribution in [3.8, 4) is 0 Å². The number of alkyl halides is 3. The molecule has 0 radical (unpaired) electrons. The van der Waals surface area contributed by atoms with Crippen LogP contribution in [0.2, 0.25) is 0 Å². The molecule has 0 bridgehead atoms. The first-order valence-electron chi connectivity index (χ1n) is 6.37. The minimum absolute atomic E-state index is 0.250. The topological polar surface area (TPSA) is 53.6 Å². The van der Waals surface area contributed by atoms with Crippen molar-refractivity contribution < 1.29 is 17.6 Å². The van der Waals surface area contributed by atoms with Gasteiger partial charge in [0.05, 0.1) is 5.56 Å². The highest BCUT2D eigenvalue weighted by Crippen LogP contribution is 2.31. The van der Waals surface area contributed by atoms with Crippen LogP contribution in [-0.4, -0.2) is 21.7 Å². The number of halogens is 4. The summed E-state index contributed by atoms with van der Waals surface area (Å²) in [5.41, 5.74) is -0.841. The zero-order chi connectivity index (χ0) is 15.3. The summed E-state index contributed by atoms with van der Waals surface area (Å²) in [7, 11) is 0. The summed E-state index contributed by atoms with van der Waals surface area (Å²) in [6, 6.07) is 3.02. The molecule has 8 heteroatoms. The lowest BCUT2D eigenvalue weighted by molar-refractivity contribution is -0.140. The standard InChI is InChI=1S/C13H14F4N4/c14-11-4-3-9(6-10(11)13(15,16)17)7-18-5-1-2-12-19-8-20-21-12/h3-4,6,8,18H,1-2,5,7H2,(H,19,20,21). The monoisotopic (exact) mass is 302 g/mol. The SMILES string of the molecule is Fc1ccc(CNCCCc2ncn[nH]2)cc1C(F)(F)F. The number of rotatable bonds is 6. The number of hydrogen-bond donors (Lipinski definition) is 2. The Balaban J connectivity index is 1.80. The second kappa shape index (κ2) is 6.66. The fraction of sp³-hybridized carbons (Fsp3) is 0.385. The molecular formula is C13H14F4N4. The van der Waals surface area contributed by atoms with E-state index in [0.29, 0.717) is 18.5 Å². The highest BCUT2D eigenvalue weighted by Gasteiger charge is 2.34. The quantitative estimate of drug-likeness (QED) is 0.637. The van der Waals surface area contributed by atoms with E-state index >= 15 is 0 Å². The summed E-state index contributed by atoms with van der Waals surface area (Å²) in [6.45, 7) is 0.860. The molecule has 0 saturated carbocycles. The van der Waals surface area contributed by atoms with Crippen molar-refractivity contribution >= 4 is 0 Å². The van der Waals surface area contributed by atoms with Crippen LogP contribution < -0.4 is 5.32 Å². The van der Waals surface area contributed by atoms with Crippen molar-refractivity contribution in [2.45, 2.75) is 25.6 Å². The maximum absolute atomic E-state index is 13.1. The third kappa shape index (κ3) is 4.52. The minimum atomic E-state index is -4.67. The van der Waals surface area contributed by atoms with Gasteiger partial charge in [-0.05, 0) is 30.7 Å². The van der Waals surface area contributed by atoms with E-state index in [1.807, 2.05) is 0 Å². The summed E-state index contributed by atoms with van der Waals surface area (Å²) < 4.78 is 50.8. The third-order valence-corrected chi connectivity index (χ3v) is 2.90. The minimum Gasteiger partial charge on any atom is -0.313 e. The number of aromatic amines is 1. The van der Waals surface area contributed by atoms with Gasteiger partial charge in [-0.2, -0.15) is 18.3 Å². The number of aromatic nitrogens is 3. The predicted octanol–water partition coefficient (Wildman–Crippen LogP) is 2.69. The molecule has 0 saturated heterocycles. The molecule has 0 fully saturated rings. The molecule has 0 spiro atoms. The van der Waals surface area contributed by atoms with Gasteiger partial charge in [-0.25, -0.2) is 9.37 Å². The van der Waals surface area contributed by atoms with Gasteiger partial charge in [-0.15, -0.1) is 0 Å². The van der Waals surface area contributed by atoms with Gasteiger partial charge in [-0.1, -0.05) is 6.07 Å². The van der Waals surface area contributed by atoms with Gasteiger partial charge >= 0.3 is 6.18 Å². The van der Waals surface area contributed by atoms with Gasteiger partial charge in [0.1, 0.15) is 18.0 Å². The Bertz CT molecular complexity index is 566. The Morgan fingerprint density at radius 1 is 1.24 bits per heavy atom. The molecule has 0 aliphatic heterocycles. The first kappa shape index (κ1) is 15.4. The van der Waals surface area contributed by atoms with E-state index in [1.165, 1.54) is 12.4 Å². The van der Waals surface area contributed by atoms with Gasteiger partial charge in [0.2, 0.25) is 0 Å². The lowest BCUT2D eigenvalue weighted by Crippen LogP contribution is -2.17. The average molecular weight is 302 g/mol. The maximum Gasteiger partial charge on any atom is 0.419 e. The second-order valence-corrected chi connectivity index (χ2v) is 4.52. The largest absolute Gasteiger partial charge is 0.419 e. The molecule has 2 aromatic rings. The molecule has 0 atom stereocenters. The molecule has 2 rings (SSSR count). The molecule has 0 aliphatic carbocycles. The zero-order valence-corrected chi connectivity index (χ0v) is 11.0. The highest BCUT2D eigenvalue weighted by molar-refractivity contribution is 5.27. The zero-order valence-electron chi connectivity index (χ0n) is 11.0. The van der Waals surface area contributed by atoms with Crippen LogP contribution in [0.4, 0.5) is 17.6 Å². The molecule has 4 nitrogen and oxygen atoms in total. The lowest BCUT2D eigenvalue weighted by Gasteiger charge is -2.10. The van der Waals surface area contributed by atoms with E-state index in [2.05, 4.69) is 20.5 Å². The Morgan fingerprint density at radius 2 is 2.05 bits per heavy atom. The van der Waals surface area contributed by atoms with Crippen LogP contribution >= 0.6 is 0 Å². The van der Waals surface area contributed by atoms with E-state index in [4.69, 9.17) is 0 Å². The molecule has 2 N–H and O–H groups in total. The highest BCUT2D eigenvalue weighted by atomic mass is 19.4. The van der Waals surface area contributed by atoms with Gasteiger partial charge < -0.3 is 5.32 Å². The Hall–Kier alpha value is -1.96. The van der Waals surface area contributed by atoms with Crippen LogP contribution in [0.3, 0.4) is 0 Å². The smallest absolute Gasteiger partial charge is 0.313 e. The van der Waals surface area contributed by atoms with Gasteiger partial charge in [-0.3, -0.25) is 5.10 Å². The van der Waals surface area contributed by atoms with Crippen LogP contribution in [0.25, 0.3) is 0 Å². The molecule has 0 amide bonds. The first-order valence-corrected chi connectivity index (χ1v) is 6.37. The van der Waals surface area contributed by atoms with Crippen molar-refractivity contribution in [1.82, 2.24) is 20.5 Å². The number of aryl methyl sites for hydroxylation is 1. The summed E-state index contributed by atoms with van der Waals surface area (Å²) in [6.07, 6.45) is -1.79. The molecular weight excluding hydrogens is 288 g/mol. The Morgan fingerprint density at radius 3 is 2.71 bits per heavy atom. The summed E-state index contributed by atoms with van der Waals surface area (Å²) in [5, 5.41) is 9.44. The fourth-order valence-corrected chi connectivity index (χ4v) is 1.86. The average Bonchev–Trinajstić information content (AvgIpc) is 2.92. The third-order valence-electron chi connectivity index (χ3n) is 2.90. The van der Waals surface area contributed by atoms with Crippen molar-refractivity contribution in [3.63, 3.8) is 0 Å². The molecule has 21 heavy (non-hydrogen) atoms. The van der Waals surface area contributed by atoms with Crippen LogP contribution in [0.1, 0.15) is 23.4 Å². The summed E-state index contributed by atoms with van der Waals surface area (Å²) >= 11 is 0. The number of nitrogens with one attached hydrogen (secondary N) is 2. The van der Waals surface area contributed by atoms with Crippen molar-refractivity contribution in [1.29, 1.82) is 0 Å². The van der Waals surface area contributed by atoms with E-state index in [0.717, 1.165) is 24.4 Å². The number of H-pyrrole nitrogens is 1. The Labute approximate surface area is 118 Å². The van der Waals surface area contributed by atoms with Crippen LogP contribution in [0.15, 0.2) is 24.5 Å².